The number of ether oxygens (including phenoxy) is 3. The maximum atomic E-state index is 13.5. The van der Waals surface area contributed by atoms with Crippen LogP contribution in [-0.2, 0) is 31.0 Å². The van der Waals surface area contributed by atoms with Crippen LogP contribution in [-0.4, -0.2) is 70.6 Å². The van der Waals surface area contributed by atoms with E-state index in [1.165, 1.54) is 11.9 Å². The van der Waals surface area contributed by atoms with E-state index < -0.39 is 0 Å². The van der Waals surface area contributed by atoms with Gasteiger partial charge in [0.05, 0.1) is 25.8 Å². The van der Waals surface area contributed by atoms with Crippen LogP contribution in [0.4, 0.5) is 4.79 Å². The number of nitrogens with zero attached hydrogens (tertiary/aromatic N) is 5. The molecule has 0 aliphatic carbocycles. The summed E-state index contributed by atoms with van der Waals surface area (Å²) in [5, 5.41) is 0. The Bertz CT molecular complexity index is 1950. The highest BCUT2D eigenvalue weighted by Gasteiger charge is 2.36. The van der Waals surface area contributed by atoms with Gasteiger partial charge in [0.25, 0.3) is 5.88 Å². The SMILES string of the molecule is CN1C(=O)N(Cc2ncnc(OCc3ccccc3)c2OCc2ccccc2)CC1c1ccc(C#Cc2ccc(CN3CCOCC3)cc2)cc1. The second-order valence-corrected chi connectivity index (χ2v) is 12.8. The molecule has 2 aliphatic rings. The van der Waals surface area contributed by atoms with E-state index in [2.05, 4.69) is 63.1 Å². The molecule has 2 amide bonds. The molecule has 9 heteroatoms. The summed E-state index contributed by atoms with van der Waals surface area (Å²) in [6, 6.07) is 36.2. The van der Waals surface area contributed by atoms with Crippen LogP contribution < -0.4 is 9.47 Å². The third-order valence-corrected chi connectivity index (χ3v) is 9.17. The van der Waals surface area contributed by atoms with Gasteiger partial charge in [-0.15, -0.1) is 0 Å². The lowest BCUT2D eigenvalue weighted by Gasteiger charge is -2.26. The summed E-state index contributed by atoms with van der Waals surface area (Å²) in [6.45, 7) is 5.87. The van der Waals surface area contributed by atoms with E-state index in [0.29, 0.717) is 37.1 Å². The van der Waals surface area contributed by atoms with E-state index in [9.17, 15) is 4.79 Å². The molecule has 2 fully saturated rings. The number of aromatic nitrogens is 2. The van der Waals surface area contributed by atoms with E-state index in [-0.39, 0.29) is 18.6 Å². The van der Waals surface area contributed by atoms with Gasteiger partial charge in [0.2, 0.25) is 5.75 Å². The van der Waals surface area contributed by atoms with Crippen LogP contribution in [0.1, 0.15) is 45.1 Å². The van der Waals surface area contributed by atoms with Gasteiger partial charge >= 0.3 is 6.03 Å². The third kappa shape index (κ3) is 8.73. The zero-order valence-electron chi connectivity index (χ0n) is 28.8. The molecule has 9 nitrogen and oxygen atoms in total. The summed E-state index contributed by atoms with van der Waals surface area (Å²) in [6.07, 6.45) is 1.46. The van der Waals surface area contributed by atoms with Crippen molar-refractivity contribution in [3.05, 3.63) is 155 Å². The fourth-order valence-corrected chi connectivity index (χ4v) is 6.26. The first-order chi connectivity index (χ1) is 25.1. The second-order valence-electron chi connectivity index (χ2n) is 12.8. The van der Waals surface area contributed by atoms with Crippen molar-refractivity contribution in [1.29, 1.82) is 0 Å². The molecule has 0 saturated carbocycles. The number of urea groups is 1. The van der Waals surface area contributed by atoms with Crippen molar-refractivity contribution in [3.63, 3.8) is 0 Å². The van der Waals surface area contributed by atoms with E-state index in [1.54, 1.807) is 9.80 Å². The lowest BCUT2D eigenvalue weighted by atomic mass is 10.0. The molecule has 258 valence electrons. The van der Waals surface area contributed by atoms with Crippen LogP contribution >= 0.6 is 0 Å². The third-order valence-electron chi connectivity index (χ3n) is 9.17. The van der Waals surface area contributed by atoms with Gasteiger partial charge in [0.1, 0.15) is 25.2 Å². The second kappa shape index (κ2) is 16.3. The number of amides is 2. The minimum atomic E-state index is -0.122. The molecule has 5 aromatic rings. The summed E-state index contributed by atoms with van der Waals surface area (Å²) in [5.41, 5.74) is 6.83. The molecule has 3 heterocycles. The molecule has 1 aromatic heterocycles. The lowest BCUT2D eigenvalue weighted by molar-refractivity contribution is 0.0342. The number of hydrogen-bond acceptors (Lipinski definition) is 7. The summed E-state index contributed by atoms with van der Waals surface area (Å²) in [4.78, 5) is 28.5. The van der Waals surface area contributed by atoms with Crippen LogP contribution in [0.5, 0.6) is 11.6 Å². The Morgan fingerprint density at radius 2 is 1.33 bits per heavy atom. The number of hydrogen-bond donors (Lipinski definition) is 0. The first-order valence-corrected chi connectivity index (χ1v) is 17.3. The molecule has 4 aromatic carbocycles. The molecular weight excluding hydrogens is 638 g/mol. The van der Waals surface area contributed by atoms with Gasteiger partial charge in [0, 0.05) is 44.4 Å². The maximum absolute atomic E-state index is 13.5. The molecule has 51 heavy (non-hydrogen) atoms. The normalized spacial score (nSPS) is 16.1. The Hall–Kier alpha value is -5.69. The first kappa shape index (κ1) is 33.8. The molecule has 0 spiro atoms. The van der Waals surface area contributed by atoms with Crippen LogP contribution in [0.3, 0.4) is 0 Å². The van der Waals surface area contributed by atoms with Crippen molar-refractivity contribution < 1.29 is 19.0 Å². The van der Waals surface area contributed by atoms with E-state index in [1.807, 2.05) is 79.8 Å². The number of rotatable bonds is 11. The molecule has 7 rings (SSSR count). The van der Waals surface area contributed by atoms with Crippen molar-refractivity contribution >= 4 is 6.03 Å². The molecule has 2 aliphatic heterocycles. The number of carbonyl (C=O) groups excluding carboxylic acids is 1. The largest absolute Gasteiger partial charge is 0.482 e. The molecule has 0 radical (unpaired) electrons. The molecule has 1 unspecified atom stereocenters. The molecule has 1 atom stereocenters. The van der Waals surface area contributed by atoms with Gasteiger partial charge < -0.3 is 24.0 Å². The Kier molecular flexibility index (Phi) is 10.8. The van der Waals surface area contributed by atoms with E-state index in [0.717, 1.165) is 60.7 Å². The average Bonchev–Trinajstić information content (AvgIpc) is 3.46. The van der Waals surface area contributed by atoms with E-state index >= 15 is 0 Å². The highest BCUT2D eigenvalue weighted by Crippen LogP contribution is 2.34. The lowest BCUT2D eigenvalue weighted by Crippen LogP contribution is -2.35. The van der Waals surface area contributed by atoms with Gasteiger partial charge in [0.15, 0.2) is 0 Å². The molecule has 2 saturated heterocycles. The van der Waals surface area contributed by atoms with Crippen LogP contribution in [0, 0.1) is 11.8 Å². The van der Waals surface area contributed by atoms with Gasteiger partial charge in [-0.3, -0.25) is 4.90 Å². The smallest absolute Gasteiger partial charge is 0.320 e. The number of benzene rings is 4. The van der Waals surface area contributed by atoms with Crippen molar-refractivity contribution in [1.82, 2.24) is 24.7 Å². The minimum Gasteiger partial charge on any atom is -0.482 e. The summed E-state index contributed by atoms with van der Waals surface area (Å²) < 4.78 is 17.9. The highest BCUT2D eigenvalue weighted by atomic mass is 16.5. The summed E-state index contributed by atoms with van der Waals surface area (Å²) in [7, 11) is 1.84. The minimum absolute atomic E-state index is 0.0830. The number of carbonyl (C=O) groups is 1. The van der Waals surface area contributed by atoms with Crippen LogP contribution in [0.25, 0.3) is 0 Å². The standard InChI is InChI=1S/C42H41N5O4/c1-45-39(37-20-18-33(19-21-37)13-12-32-14-16-34(17-15-32)26-46-22-24-49-25-23-46)28-47(42(45)48)27-38-40(50-29-35-8-4-2-5-9-35)41(44-31-43-38)51-30-36-10-6-3-7-11-36/h2-11,14-21,31,39H,22-30H2,1H3. The summed E-state index contributed by atoms with van der Waals surface area (Å²) >= 11 is 0. The Morgan fingerprint density at radius 3 is 1.98 bits per heavy atom. The first-order valence-electron chi connectivity index (χ1n) is 17.3. The Balaban J connectivity index is 1.02. The fourth-order valence-electron chi connectivity index (χ4n) is 6.26. The molecule has 0 bridgehead atoms. The van der Waals surface area contributed by atoms with Crippen molar-refractivity contribution in [2.45, 2.75) is 32.3 Å². The highest BCUT2D eigenvalue weighted by molar-refractivity contribution is 5.77. The zero-order valence-corrected chi connectivity index (χ0v) is 28.8. The van der Waals surface area contributed by atoms with Crippen molar-refractivity contribution in [2.24, 2.45) is 0 Å². The van der Waals surface area contributed by atoms with Gasteiger partial charge in [-0.05, 0) is 46.5 Å². The molecular formula is C42H41N5O4. The van der Waals surface area contributed by atoms with Gasteiger partial charge in [-0.1, -0.05) is 96.8 Å². The predicted octanol–water partition coefficient (Wildman–Crippen LogP) is 6.48. The van der Waals surface area contributed by atoms with Crippen LogP contribution in [0.15, 0.2) is 116 Å². The maximum Gasteiger partial charge on any atom is 0.320 e. The van der Waals surface area contributed by atoms with Crippen LogP contribution in [0.2, 0.25) is 0 Å². The van der Waals surface area contributed by atoms with E-state index in [4.69, 9.17) is 14.2 Å². The zero-order chi connectivity index (χ0) is 34.8. The Morgan fingerprint density at radius 1 is 0.725 bits per heavy atom. The number of morpholine rings is 1. The average molecular weight is 680 g/mol. The Labute approximate surface area is 299 Å². The van der Waals surface area contributed by atoms with Crippen molar-refractivity contribution in [2.75, 3.05) is 39.9 Å². The monoisotopic (exact) mass is 679 g/mol. The topological polar surface area (TPSA) is 80.3 Å². The van der Waals surface area contributed by atoms with Crippen molar-refractivity contribution in [3.8, 4) is 23.5 Å². The quantitative estimate of drug-likeness (QED) is 0.148. The number of likely N-dealkylation sites (N-methyl/N-ethyl adjacent to an activating group) is 1. The molecule has 0 N–H and O–H groups in total. The fraction of sp³-hybridized carbons (Fsp3) is 0.262. The predicted molar refractivity (Wildman–Crippen MR) is 195 cm³/mol. The van der Waals surface area contributed by atoms with Gasteiger partial charge in [-0.2, -0.15) is 4.98 Å². The summed E-state index contributed by atoms with van der Waals surface area (Å²) in [5.74, 6) is 7.36. The van der Waals surface area contributed by atoms with Gasteiger partial charge in [-0.25, -0.2) is 9.78 Å².